The quantitative estimate of drug-likeness (QED) is 0.783. The molecule has 0 saturated carbocycles. The molecule has 0 bridgehead atoms. The van der Waals surface area contributed by atoms with Gasteiger partial charge in [-0.3, -0.25) is 14.5 Å². The Morgan fingerprint density at radius 1 is 1.08 bits per heavy atom. The van der Waals surface area contributed by atoms with Gasteiger partial charge in [-0.25, -0.2) is 4.79 Å². The summed E-state index contributed by atoms with van der Waals surface area (Å²) in [7, 11) is 0. The normalized spacial score (nSPS) is 25.8. The van der Waals surface area contributed by atoms with Crippen molar-refractivity contribution in [1.82, 2.24) is 14.7 Å². The lowest BCUT2D eigenvalue weighted by Crippen LogP contribution is -2.44. The van der Waals surface area contributed by atoms with E-state index >= 15 is 0 Å². The first-order valence-electron chi connectivity index (χ1n) is 9.10. The van der Waals surface area contributed by atoms with Crippen molar-refractivity contribution in [3.63, 3.8) is 0 Å². The van der Waals surface area contributed by atoms with Gasteiger partial charge in [0.05, 0.1) is 6.04 Å². The minimum absolute atomic E-state index is 0.0638. The summed E-state index contributed by atoms with van der Waals surface area (Å²) in [5.74, 6) is 0.0389. The van der Waals surface area contributed by atoms with Crippen molar-refractivity contribution in [2.75, 3.05) is 19.6 Å². The van der Waals surface area contributed by atoms with E-state index in [4.69, 9.17) is 0 Å². The number of hydrogen-bond donors (Lipinski definition) is 0. The van der Waals surface area contributed by atoms with Crippen LogP contribution in [-0.4, -0.2) is 64.3 Å². The zero-order chi connectivity index (χ0) is 17.4. The molecule has 4 rings (SSSR count). The minimum atomic E-state index is -0.254. The number of urea groups is 1. The highest BCUT2D eigenvalue weighted by molar-refractivity contribution is 6.05. The van der Waals surface area contributed by atoms with E-state index in [1.807, 2.05) is 30.3 Å². The Kier molecular flexibility index (Phi) is 4.19. The molecule has 6 heteroatoms. The molecule has 0 aromatic heterocycles. The summed E-state index contributed by atoms with van der Waals surface area (Å²) >= 11 is 0. The first kappa shape index (κ1) is 16.1. The third-order valence-electron chi connectivity index (χ3n) is 5.58. The van der Waals surface area contributed by atoms with Crippen LogP contribution in [0.25, 0.3) is 0 Å². The third-order valence-corrected chi connectivity index (χ3v) is 5.58. The SMILES string of the molecule is O=C(CCc1ccccc1)N1CC[C@@H](N2C(=O)[C@H]3CCCN3C2=O)C1. The van der Waals surface area contributed by atoms with Crippen molar-refractivity contribution in [3.05, 3.63) is 35.9 Å². The molecule has 3 saturated heterocycles. The maximum absolute atomic E-state index is 12.5. The smallest absolute Gasteiger partial charge is 0.327 e. The zero-order valence-electron chi connectivity index (χ0n) is 14.3. The molecule has 3 heterocycles. The van der Waals surface area contributed by atoms with Crippen LogP contribution < -0.4 is 0 Å². The van der Waals surface area contributed by atoms with Crippen LogP contribution in [0.5, 0.6) is 0 Å². The second-order valence-electron chi connectivity index (χ2n) is 7.11. The summed E-state index contributed by atoms with van der Waals surface area (Å²) < 4.78 is 0. The first-order chi connectivity index (χ1) is 12.1. The van der Waals surface area contributed by atoms with Crippen molar-refractivity contribution in [2.45, 2.75) is 44.2 Å². The van der Waals surface area contributed by atoms with Crippen LogP contribution in [0.3, 0.4) is 0 Å². The Morgan fingerprint density at radius 3 is 2.64 bits per heavy atom. The molecule has 3 fully saturated rings. The van der Waals surface area contributed by atoms with Gasteiger partial charge in [-0.1, -0.05) is 30.3 Å². The Morgan fingerprint density at radius 2 is 1.88 bits per heavy atom. The monoisotopic (exact) mass is 341 g/mol. The molecular weight excluding hydrogens is 318 g/mol. The molecule has 0 N–H and O–H groups in total. The van der Waals surface area contributed by atoms with Crippen LogP contribution in [0.2, 0.25) is 0 Å². The number of carbonyl (C=O) groups excluding carboxylic acids is 3. The van der Waals surface area contributed by atoms with Crippen LogP contribution in [0.4, 0.5) is 4.79 Å². The second kappa shape index (κ2) is 6.50. The van der Waals surface area contributed by atoms with Crippen molar-refractivity contribution >= 4 is 17.8 Å². The fraction of sp³-hybridized carbons (Fsp3) is 0.526. The Labute approximate surface area is 147 Å². The van der Waals surface area contributed by atoms with Gasteiger partial charge in [-0.2, -0.15) is 0 Å². The molecular formula is C19H23N3O3. The van der Waals surface area contributed by atoms with E-state index in [0.29, 0.717) is 32.5 Å². The average molecular weight is 341 g/mol. The predicted molar refractivity (Wildman–Crippen MR) is 91.7 cm³/mol. The van der Waals surface area contributed by atoms with Crippen LogP contribution in [-0.2, 0) is 16.0 Å². The molecule has 1 aromatic rings. The van der Waals surface area contributed by atoms with E-state index in [2.05, 4.69) is 0 Å². The fourth-order valence-electron chi connectivity index (χ4n) is 4.21. The number of hydrogen-bond acceptors (Lipinski definition) is 3. The third kappa shape index (κ3) is 2.90. The van der Waals surface area contributed by atoms with Crippen molar-refractivity contribution in [2.24, 2.45) is 0 Å². The summed E-state index contributed by atoms with van der Waals surface area (Å²) in [6, 6.07) is 9.39. The number of amides is 4. The highest BCUT2D eigenvalue weighted by Gasteiger charge is 2.51. The largest absolute Gasteiger partial charge is 0.341 e. The van der Waals surface area contributed by atoms with Gasteiger partial charge in [-0.15, -0.1) is 0 Å². The van der Waals surface area contributed by atoms with Gasteiger partial charge in [0.1, 0.15) is 6.04 Å². The maximum atomic E-state index is 12.5. The lowest BCUT2D eigenvalue weighted by molar-refractivity contribution is -0.132. The number of fused-ring (bicyclic) bond motifs is 1. The minimum Gasteiger partial charge on any atom is -0.341 e. The molecule has 3 aliphatic heterocycles. The highest BCUT2D eigenvalue weighted by atomic mass is 16.2. The number of carbonyl (C=O) groups is 3. The van der Waals surface area contributed by atoms with E-state index in [9.17, 15) is 14.4 Å². The predicted octanol–water partition coefficient (Wildman–Crippen LogP) is 1.65. The van der Waals surface area contributed by atoms with Gasteiger partial charge < -0.3 is 9.80 Å². The van der Waals surface area contributed by atoms with Crippen LogP contribution in [0, 0.1) is 0 Å². The number of imide groups is 1. The lowest BCUT2D eigenvalue weighted by atomic mass is 10.1. The van der Waals surface area contributed by atoms with Gasteiger partial charge >= 0.3 is 6.03 Å². The van der Waals surface area contributed by atoms with Crippen molar-refractivity contribution in [3.8, 4) is 0 Å². The van der Waals surface area contributed by atoms with Gasteiger partial charge in [0.2, 0.25) is 5.91 Å². The second-order valence-corrected chi connectivity index (χ2v) is 7.11. The Bertz CT molecular complexity index is 668. The highest BCUT2D eigenvalue weighted by Crippen LogP contribution is 2.31. The molecule has 25 heavy (non-hydrogen) atoms. The summed E-state index contributed by atoms with van der Waals surface area (Å²) in [6.07, 6.45) is 3.55. The van der Waals surface area contributed by atoms with E-state index in [1.165, 1.54) is 4.90 Å². The molecule has 132 valence electrons. The summed E-state index contributed by atoms with van der Waals surface area (Å²) in [5, 5.41) is 0. The van der Waals surface area contributed by atoms with Gasteiger partial charge in [0.15, 0.2) is 0 Å². The first-order valence-corrected chi connectivity index (χ1v) is 9.10. The standard InChI is InChI=1S/C19H23N3O3/c23-17(9-8-14-5-2-1-3-6-14)20-12-10-15(13-20)22-18(24)16-7-4-11-21(16)19(22)25/h1-3,5-6,15-16H,4,7-13H2/t15-,16-/m1/s1. The molecule has 1 aromatic carbocycles. The van der Waals surface area contributed by atoms with E-state index in [0.717, 1.165) is 24.8 Å². The number of aryl methyl sites for hydroxylation is 1. The number of benzene rings is 1. The average Bonchev–Trinajstić information content (AvgIpc) is 3.33. The van der Waals surface area contributed by atoms with Gasteiger partial charge in [0, 0.05) is 26.1 Å². The maximum Gasteiger partial charge on any atom is 0.327 e. The summed E-state index contributed by atoms with van der Waals surface area (Å²) in [6.45, 7) is 1.78. The van der Waals surface area contributed by atoms with Gasteiger partial charge in [0.25, 0.3) is 5.91 Å². The Hall–Kier alpha value is -2.37. The van der Waals surface area contributed by atoms with Gasteiger partial charge in [-0.05, 0) is 31.2 Å². The van der Waals surface area contributed by atoms with Crippen molar-refractivity contribution in [1.29, 1.82) is 0 Å². The topological polar surface area (TPSA) is 60.9 Å². The number of likely N-dealkylation sites (tertiary alicyclic amines) is 1. The fourth-order valence-corrected chi connectivity index (χ4v) is 4.21. The molecule has 0 radical (unpaired) electrons. The van der Waals surface area contributed by atoms with Crippen LogP contribution in [0.15, 0.2) is 30.3 Å². The van der Waals surface area contributed by atoms with Crippen LogP contribution >= 0.6 is 0 Å². The number of rotatable bonds is 4. The molecule has 0 spiro atoms. The molecule has 4 amide bonds. The molecule has 2 atom stereocenters. The Balaban J connectivity index is 1.34. The molecule has 0 unspecified atom stereocenters. The van der Waals surface area contributed by atoms with E-state index in [1.54, 1.807) is 9.80 Å². The molecule has 0 aliphatic carbocycles. The van der Waals surface area contributed by atoms with Crippen LogP contribution in [0.1, 0.15) is 31.2 Å². The van der Waals surface area contributed by atoms with E-state index < -0.39 is 0 Å². The zero-order valence-corrected chi connectivity index (χ0v) is 14.3. The molecule has 6 nitrogen and oxygen atoms in total. The lowest BCUT2D eigenvalue weighted by Gasteiger charge is -2.23. The number of nitrogens with zero attached hydrogens (tertiary/aromatic N) is 3. The van der Waals surface area contributed by atoms with E-state index in [-0.39, 0.29) is 29.9 Å². The molecule has 3 aliphatic rings. The van der Waals surface area contributed by atoms with Crippen molar-refractivity contribution < 1.29 is 14.4 Å². The summed E-state index contributed by atoms with van der Waals surface area (Å²) in [4.78, 5) is 42.4. The summed E-state index contributed by atoms with van der Waals surface area (Å²) in [5.41, 5.74) is 1.15.